The van der Waals surface area contributed by atoms with Crippen LogP contribution in [-0.4, -0.2) is 41.0 Å². The molecule has 0 unspecified atom stereocenters. The molecule has 0 radical (unpaired) electrons. The van der Waals surface area contributed by atoms with Crippen LogP contribution < -0.4 is 5.32 Å². The van der Waals surface area contributed by atoms with Crippen molar-refractivity contribution in [2.45, 2.75) is 13.3 Å². The lowest BCUT2D eigenvalue weighted by molar-refractivity contribution is -0.115. The number of hydrogen-bond donors (Lipinski definition) is 3. The standard InChI is InChI=1S/C24H18N8OS/c1-2-20(33)27-15-7-14(8-25-9-15)17-3-4-18-22(28-17)23(32-31-18)24-29-19-11-26-10-16(21(19)30-24)13-5-6-34-12-13/h3-12H,2H2,1H3,(H,27,33)(H,29,30)(H,31,32). The number of aromatic nitrogens is 7. The first-order valence-corrected chi connectivity index (χ1v) is 11.6. The molecule has 1 amide bonds. The summed E-state index contributed by atoms with van der Waals surface area (Å²) in [4.78, 5) is 33.4. The van der Waals surface area contributed by atoms with Crippen LogP contribution in [0.2, 0.25) is 0 Å². The van der Waals surface area contributed by atoms with Crippen molar-refractivity contribution in [3.05, 3.63) is 59.8 Å². The number of aromatic amines is 2. The number of fused-ring (bicyclic) bond motifs is 2. The van der Waals surface area contributed by atoms with Crippen LogP contribution in [0.15, 0.2) is 59.8 Å². The fourth-order valence-electron chi connectivity index (χ4n) is 3.80. The van der Waals surface area contributed by atoms with E-state index in [2.05, 4.69) is 41.9 Å². The van der Waals surface area contributed by atoms with Crippen molar-refractivity contribution in [2.75, 3.05) is 5.32 Å². The lowest BCUT2D eigenvalue weighted by Gasteiger charge is -2.06. The maximum atomic E-state index is 11.8. The predicted octanol–water partition coefficient (Wildman–Crippen LogP) is 5.04. The molecule has 9 nitrogen and oxygen atoms in total. The third-order valence-corrected chi connectivity index (χ3v) is 6.18. The Kier molecular flexibility index (Phi) is 4.84. The zero-order valence-corrected chi connectivity index (χ0v) is 18.8. The molecule has 0 aromatic carbocycles. The van der Waals surface area contributed by atoms with Crippen molar-refractivity contribution in [1.29, 1.82) is 0 Å². The minimum atomic E-state index is -0.0688. The fraction of sp³-hybridized carbons (Fsp3) is 0.0833. The van der Waals surface area contributed by atoms with Gasteiger partial charge in [-0.2, -0.15) is 16.4 Å². The van der Waals surface area contributed by atoms with Crippen LogP contribution in [0.3, 0.4) is 0 Å². The molecule has 0 bridgehead atoms. The van der Waals surface area contributed by atoms with Gasteiger partial charge in [-0.3, -0.25) is 19.9 Å². The second kappa shape index (κ2) is 8.16. The highest BCUT2D eigenvalue weighted by molar-refractivity contribution is 7.08. The number of nitrogens with zero attached hydrogens (tertiary/aromatic N) is 5. The fourth-order valence-corrected chi connectivity index (χ4v) is 4.45. The van der Waals surface area contributed by atoms with Crippen molar-refractivity contribution in [3.63, 3.8) is 0 Å². The van der Waals surface area contributed by atoms with E-state index in [1.54, 1.807) is 36.9 Å². The number of imidazole rings is 1. The molecule has 0 aliphatic rings. The summed E-state index contributed by atoms with van der Waals surface area (Å²) >= 11 is 1.63. The first-order valence-electron chi connectivity index (χ1n) is 10.7. The van der Waals surface area contributed by atoms with Crippen LogP contribution in [0, 0.1) is 0 Å². The van der Waals surface area contributed by atoms with Crippen molar-refractivity contribution < 1.29 is 4.79 Å². The van der Waals surface area contributed by atoms with Gasteiger partial charge in [0.1, 0.15) is 11.0 Å². The summed E-state index contributed by atoms with van der Waals surface area (Å²) in [5.74, 6) is 0.540. The van der Waals surface area contributed by atoms with E-state index in [0.29, 0.717) is 34.8 Å². The van der Waals surface area contributed by atoms with Gasteiger partial charge in [-0.1, -0.05) is 6.92 Å². The third kappa shape index (κ3) is 3.50. The first-order chi connectivity index (χ1) is 16.7. The number of anilines is 1. The number of H-pyrrole nitrogens is 2. The number of rotatable bonds is 5. The molecule has 0 saturated heterocycles. The van der Waals surface area contributed by atoms with Crippen LogP contribution in [0.5, 0.6) is 0 Å². The molecular weight excluding hydrogens is 448 g/mol. The quantitative estimate of drug-likeness (QED) is 0.327. The molecule has 0 atom stereocenters. The van der Waals surface area contributed by atoms with Crippen molar-refractivity contribution in [1.82, 2.24) is 35.1 Å². The SMILES string of the molecule is CCC(=O)Nc1cncc(-c2ccc3[nH]nc(-c4nc5c(-c6ccsc6)cncc5[nH]4)c3n2)c1. The number of carbonyl (C=O) groups excluding carboxylic acids is 1. The number of amides is 1. The molecule has 6 heterocycles. The highest BCUT2D eigenvalue weighted by Crippen LogP contribution is 2.32. The molecule has 3 N–H and O–H groups in total. The third-order valence-electron chi connectivity index (χ3n) is 5.50. The molecule has 0 aliphatic heterocycles. The van der Waals surface area contributed by atoms with Crippen molar-refractivity contribution in [3.8, 4) is 33.9 Å². The van der Waals surface area contributed by atoms with Crippen LogP contribution in [0.25, 0.3) is 56.0 Å². The minimum Gasteiger partial charge on any atom is -0.335 e. The first kappa shape index (κ1) is 20.2. The summed E-state index contributed by atoms with van der Waals surface area (Å²) in [6, 6.07) is 7.73. The lowest BCUT2D eigenvalue weighted by Crippen LogP contribution is -2.09. The van der Waals surface area contributed by atoms with Gasteiger partial charge in [0.05, 0.1) is 34.8 Å². The van der Waals surface area contributed by atoms with E-state index in [9.17, 15) is 4.79 Å². The van der Waals surface area contributed by atoms with Gasteiger partial charge >= 0.3 is 0 Å². The second-order valence-corrected chi connectivity index (χ2v) is 8.49. The van der Waals surface area contributed by atoms with E-state index in [4.69, 9.17) is 9.97 Å². The minimum absolute atomic E-state index is 0.0688. The van der Waals surface area contributed by atoms with Gasteiger partial charge < -0.3 is 10.3 Å². The highest BCUT2D eigenvalue weighted by atomic mass is 32.1. The van der Waals surface area contributed by atoms with Gasteiger partial charge in [0.2, 0.25) is 5.91 Å². The Morgan fingerprint density at radius 3 is 2.76 bits per heavy atom. The molecule has 0 spiro atoms. The summed E-state index contributed by atoms with van der Waals surface area (Å²) < 4.78 is 0. The largest absolute Gasteiger partial charge is 0.335 e. The molecular formula is C24H18N8OS. The monoisotopic (exact) mass is 466 g/mol. The van der Waals surface area contributed by atoms with E-state index < -0.39 is 0 Å². The summed E-state index contributed by atoms with van der Waals surface area (Å²) in [6.45, 7) is 1.81. The molecule has 6 aromatic rings. The smallest absolute Gasteiger partial charge is 0.224 e. The van der Waals surface area contributed by atoms with Crippen LogP contribution in [-0.2, 0) is 4.79 Å². The summed E-state index contributed by atoms with van der Waals surface area (Å²) in [6.07, 6.45) is 7.32. The molecule has 166 valence electrons. The number of nitrogens with one attached hydrogen (secondary N) is 3. The molecule has 34 heavy (non-hydrogen) atoms. The van der Waals surface area contributed by atoms with Crippen LogP contribution in [0.1, 0.15) is 13.3 Å². The van der Waals surface area contributed by atoms with Gasteiger partial charge in [-0.05, 0) is 40.6 Å². The van der Waals surface area contributed by atoms with E-state index in [1.165, 1.54) is 0 Å². The van der Waals surface area contributed by atoms with E-state index in [1.807, 2.05) is 29.8 Å². The Balaban J connectivity index is 1.43. The molecule has 6 rings (SSSR count). The topological polar surface area (TPSA) is 125 Å². The van der Waals surface area contributed by atoms with Crippen LogP contribution in [0.4, 0.5) is 5.69 Å². The summed E-state index contributed by atoms with van der Waals surface area (Å²) in [5, 5.41) is 14.5. The number of carbonyl (C=O) groups is 1. The summed E-state index contributed by atoms with van der Waals surface area (Å²) in [5.41, 5.74) is 7.93. The van der Waals surface area contributed by atoms with Gasteiger partial charge in [-0.15, -0.1) is 0 Å². The Hall–Kier alpha value is -4.44. The van der Waals surface area contributed by atoms with Crippen molar-refractivity contribution in [2.24, 2.45) is 0 Å². The Labute approximate surface area is 197 Å². The zero-order valence-electron chi connectivity index (χ0n) is 18.0. The van der Waals surface area contributed by atoms with Gasteiger partial charge in [0.25, 0.3) is 0 Å². The van der Waals surface area contributed by atoms with Gasteiger partial charge in [-0.25, -0.2) is 9.97 Å². The Morgan fingerprint density at radius 2 is 1.91 bits per heavy atom. The lowest BCUT2D eigenvalue weighted by atomic mass is 10.1. The van der Waals surface area contributed by atoms with E-state index in [0.717, 1.165) is 33.2 Å². The van der Waals surface area contributed by atoms with Gasteiger partial charge in [0.15, 0.2) is 11.5 Å². The molecule has 10 heteroatoms. The normalized spacial score (nSPS) is 11.3. The Bertz CT molecular complexity index is 1650. The Morgan fingerprint density at radius 1 is 1.00 bits per heavy atom. The molecule has 0 saturated carbocycles. The number of hydrogen-bond acceptors (Lipinski definition) is 7. The number of pyridine rings is 3. The van der Waals surface area contributed by atoms with E-state index in [-0.39, 0.29) is 5.91 Å². The average Bonchev–Trinajstić information content (AvgIpc) is 3.62. The maximum absolute atomic E-state index is 11.8. The van der Waals surface area contributed by atoms with Crippen LogP contribution >= 0.6 is 11.3 Å². The van der Waals surface area contributed by atoms with Gasteiger partial charge in [0, 0.05) is 29.9 Å². The number of thiophene rings is 1. The molecule has 0 fully saturated rings. The predicted molar refractivity (Wildman–Crippen MR) is 132 cm³/mol. The summed E-state index contributed by atoms with van der Waals surface area (Å²) in [7, 11) is 0. The molecule has 6 aromatic heterocycles. The highest BCUT2D eigenvalue weighted by Gasteiger charge is 2.17. The molecule has 0 aliphatic carbocycles. The average molecular weight is 467 g/mol. The van der Waals surface area contributed by atoms with E-state index >= 15 is 0 Å². The van der Waals surface area contributed by atoms with Crippen molar-refractivity contribution >= 4 is 45.0 Å². The second-order valence-electron chi connectivity index (χ2n) is 7.71. The zero-order chi connectivity index (χ0) is 23.1. The maximum Gasteiger partial charge on any atom is 0.224 e.